The molecule has 4 rings (SSSR count). The van der Waals surface area contributed by atoms with Crippen LogP contribution >= 0.6 is 0 Å². The van der Waals surface area contributed by atoms with Gasteiger partial charge in [-0.15, -0.1) is 0 Å². The Morgan fingerprint density at radius 3 is 2.55 bits per heavy atom. The van der Waals surface area contributed by atoms with Gasteiger partial charge in [-0.2, -0.15) is 0 Å². The first-order valence-electron chi connectivity index (χ1n) is 9.45. The lowest BCUT2D eigenvalue weighted by molar-refractivity contribution is -0.135. The largest absolute Gasteiger partial charge is 0.378 e. The van der Waals surface area contributed by atoms with E-state index in [4.69, 9.17) is 4.74 Å². The van der Waals surface area contributed by atoms with Crippen LogP contribution in [0.3, 0.4) is 0 Å². The van der Waals surface area contributed by atoms with Crippen LogP contribution in [0.2, 0.25) is 0 Å². The summed E-state index contributed by atoms with van der Waals surface area (Å²) in [6.07, 6.45) is 0. The lowest BCUT2D eigenvalue weighted by Gasteiger charge is -2.27. The van der Waals surface area contributed by atoms with E-state index in [9.17, 15) is 14.0 Å². The molecule has 0 radical (unpaired) electrons. The zero-order chi connectivity index (χ0) is 20.2. The summed E-state index contributed by atoms with van der Waals surface area (Å²) in [6.45, 7) is 2.52. The first-order valence-corrected chi connectivity index (χ1v) is 9.45. The van der Waals surface area contributed by atoms with Gasteiger partial charge in [0, 0.05) is 18.7 Å². The van der Waals surface area contributed by atoms with Gasteiger partial charge in [0.25, 0.3) is 5.91 Å². The number of carbonyl (C=O) groups is 2. The second-order valence-corrected chi connectivity index (χ2v) is 6.79. The quantitative estimate of drug-likeness (QED) is 0.715. The maximum absolute atomic E-state index is 13.1. The van der Waals surface area contributed by atoms with Crippen LogP contribution in [0.4, 0.5) is 4.39 Å². The average molecular weight is 396 g/mol. The lowest BCUT2D eigenvalue weighted by atomic mass is 10.2. The Kier molecular flexibility index (Phi) is 5.53. The highest BCUT2D eigenvalue weighted by atomic mass is 19.1. The number of morpholine rings is 1. The maximum atomic E-state index is 13.1. The highest BCUT2D eigenvalue weighted by Crippen LogP contribution is 2.17. The molecule has 7 nitrogen and oxygen atoms in total. The van der Waals surface area contributed by atoms with Gasteiger partial charge in [0.05, 0.1) is 30.8 Å². The van der Waals surface area contributed by atoms with Crippen LogP contribution in [0.1, 0.15) is 16.2 Å². The van der Waals surface area contributed by atoms with Crippen molar-refractivity contribution in [2.45, 2.75) is 13.1 Å². The molecule has 1 aliphatic heterocycles. The number of amides is 2. The van der Waals surface area contributed by atoms with Gasteiger partial charge in [-0.3, -0.25) is 9.59 Å². The van der Waals surface area contributed by atoms with Crippen LogP contribution in [0.15, 0.2) is 48.5 Å². The molecule has 0 aliphatic carbocycles. The van der Waals surface area contributed by atoms with Crippen LogP contribution in [0.5, 0.6) is 0 Å². The predicted molar refractivity (Wildman–Crippen MR) is 105 cm³/mol. The van der Waals surface area contributed by atoms with Crippen molar-refractivity contribution >= 4 is 22.8 Å². The molecule has 0 bridgehead atoms. The Labute approximate surface area is 167 Å². The summed E-state index contributed by atoms with van der Waals surface area (Å²) < 4.78 is 20.2. The van der Waals surface area contributed by atoms with Crippen molar-refractivity contribution in [3.8, 4) is 0 Å². The number of nitrogens with zero attached hydrogens (tertiary/aromatic N) is 3. The SMILES string of the molecule is O=C(NCc1nc2ccccc2n1CC(=O)N1CCOCC1)c1ccc(F)cc1. The summed E-state index contributed by atoms with van der Waals surface area (Å²) in [4.78, 5) is 31.5. The molecule has 0 atom stereocenters. The predicted octanol–water partition coefficient (Wildman–Crippen LogP) is 1.96. The van der Waals surface area contributed by atoms with Crippen LogP contribution in [0, 0.1) is 5.82 Å². The van der Waals surface area contributed by atoms with Crippen molar-refractivity contribution in [2.75, 3.05) is 26.3 Å². The molecule has 2 amide bonds. The van der Waals surface area contributed by atoms with Crippen LogP contribution in [0.25, 0.3) is 11.0 Å². The van der Waals surface area contributed by atoms with Gasteiger partial charge in [-0.05, 0) is 36.4 Å². The molecule has 0 saturated carbocycles. The van der Waals surface area contributed by atoms with E-state index in [2.05, 4.69) is 10.3 Å². The van der Waals surface area contributed by atoms with E-state index in [1.54, 1.807) is 4.90 Å². The van der Waals surface area contributed by atoms with Gasteiger partial charge in [0.2, 0.25) is 5.91 Å². The van der Waals surface area contributed by atoms with E-state index in [0.717, 1.165) is 11.0 Å². The van der Waals surface area contributed by atoms with Gasteiger partial charge in [0.15, 0.2) is 0 Å². The maximum Gasteiger partial charge on any atom is 0.251 e. The first kappa shape index (κ1) is 19.1. The number of aromatic nitrogens is 2. The number of rotatable bonds is 5. The number of para-hydroxylation sites is 2. The summed E-state index contributed by atoms with van der Waals surface area (Å²) >= 11 is 0. The van der Waals surface area contributed by atoms with Crippen molar-refractivity contribution in [1.82, 2.24) is 19.8 Å². The van der Waals surface area contributed by atoms with Crippen LogP contribution < -0.4 is 5.32 Å². The zero-order valence-corrected chi connectivity index (χ0v) is 15.8. The van der Waals surface area contributed by atoms with E-state index >= 15 is 0 Å². The topological polar surface area (TPSA) is 76.5 Å². The minimum Gasteiger partial charge on any atom is -0.378 e. The number of carbonyl (C=O) groups excluding carboxylic acids is 2. The smallest absolute Gasteiger partial charge is 0.251 e. The van der Waals surface area contributed by atoms with E-state index in [1.165, 1.54) is 24.3 Å². The number of hydrogen-bond acceptors (Lipinski definition) is 4. The summed E-state index contributed by atoms with van der Waals surface area (Å²) in [5.74, 6) is -0.154. The number of ether oxygens (including phenoxy) is 1. The fourth-order valence-corrected chi connectivity index (χ4v) is 3.35. The van der Waals surface area contributed by atoms with Crippen LogP contribution in [-0.4, -0.2) is 52.6 Å². The fourth-order valence-electron chi connectivity index (χ4n) is 3.35. The molecule has 1 aromatic heterocycles. The number of imidazole rings is 1. The highest BCUT2D eigenvalue weighted by Gasteiger charge is 2.20. The standard InChI is InChI=1S/C21H21FN4O3/c22-16-7-5-15(6-8-16)21(28)23-13-19-24-17-3-1-2-4-18(17)26(19)14-20(27)25-9-11-29-12-10-25/h1-8H,9-14H2,(H,23,28). The normalized spacial score (nSPS) is 14.2. The molecular weight excluding hydrogens is 375 g/mol. The zero-order valence-electron chi connectivity index (χ0n) is 15.8. The first-order chi connectivity index (χ1) is 14.1. The fraction of sp³-hybridized carbons (Fsp3) is 0.286. The van der Waals surface area contributed by atoms with E-state index in [0.29, 0.717) is 37.7 Å². The number of hydrogen-bond donors (Lipinski definition) is 1. The molecule has 29 heavy (non-hydrogen) atoms. The monoisotopic (exact) mass is 396 g/mol. The summed E-state index contributed by atoms with van der Waals surface area (Å²) in [6, 6.07) is 12.9. The second kappa shape index (κ2) is 8.40. The average Bonchev–Trinajstić information content (AvgIpc) is 3.10. The molecule has 2 aromatic carbocycles. The molecule has 0 spiro atoms. The third-order valence-corrected chi connectivity index (χ3v) is 4.90. The molecule has 1 saturated heterocycles. The second-order valence-electron chi connectivity index (χ2n) is 6.79. The van der Waals surface area contributed by atoms with Gasteiger partial charge < -0.3 is 19.5 Å². The third kappa shape index (κ3) is 4.27. The van der Waals surface area contributed by atoms with Gasteiger partial charge in [-0.25, -0.2) is 9.37 Å². The summed E-state index contributed by atoms with van der Waals surface area (Å²) in [7, 11) is 0. The van der Waals surface area contributed by atoms with E-state index in [1.807, 2.05) is 28.8 Å². The Bertz CT molecular complexity index is 1030. The van der Waals surface area contributed by atoms with Crippen molar-refractivity contribution in [3.05, 3.63) is 65.7 Å². The summed E-state index contributed by atoms with van der Waals surface area (Å²) in [5.41, 5.74) is 1.95. The Hall–Kier alpha value is -3.26. The summed E-state index contributed by atoms with van der Waals surface area (Å²) in [5, 5.41) is 2.80. The molecule has 150 valence electrons. The number of benzene rings is 2. The molecule has 1 aliphatic rings. The molecule has 1 N–H and O–H groups in total. The van der Waals surface area contributed by atoms with Crippen molar-refractivity contribution < 1.29 is 18.7 Å². The minimum atomic E-state index is -0.398. The van der Waals surface area contributed by atoms with E-state index in [-0.39, 0.29) is 24.9 Å². The molecular formula is C21H21FN4O3. The van der Waals surface area contributed by atoms with Crippen LogP contribution in [-0.2, 0) is 22.6 Å². The number of nitrogens with one attached hydrogen (secondary N) is 1. The van der Waals surface area contributed by atoms with Crippen molar-refractivity contribution in [3.63, 3.8) is 0 Å². The molecule has 3 aromatic rings. The third-order valence-electron chi connectivity index (χ3n) is 4.90. The molecule has 1 fully saturated rings. The molecule has 8 heteroatoms. The number of fused-ring (bicyclic) bond motifs is 1. The van der Waals surface area contributed by atoms with Gasteiger partial charge >= 0.3 is 0 Å². The Balaban J connectivity index is 1.53. The molecule has 2 heterocycles. The minimum absolute atomic E-state index is 0.0115. The number of halogens is 1. The highest BCUT2D eigenvalue weighted by molar-refractivity contribution is 5.94. The Morgan fingerprint density at radius 1 is 1.07 bits per heavy atom. The van der Waals surface area contributed by atoms with E-state index < -0.39 is 5.82 Å². The Morgan fingerprint density at radius 2 is 1.79 bits per heavy atom. The van der Waals surface area contributed by atoms with Crippen molar-refractivity contribution in [1.29, 1.82) is 0 Å². The van der Waals surface area contributed by atoms with Crippen molar-refractivity contribution in [2.24, 2.45) is 0 Å². The van der Waals surface area contributed by atoms with Gasteiger partial charge in [0.1, 0.15) is 18.2 Å². The van der Waals surface area contributed by atoms with Gasteiger partial charge in [-0.1, -0.05) is 12.1 Å². The molecule has 0 unspecified atom stereocenters. The lowest BCUT2D eigenvalue weighted by Crippen LogP contribution is -2.42.